The van der Waals surface area contributed by atoms with Gasteiger partial charge in [0.2, 0.25) is 0 Å². The number of anilines is 1. The molecule has 168 valence electrons. The molecule has 2 aromatic carbocycles. The van der Waals surface area contributed by atoms with Gasteiger partial charge in [0, 0.05) is 24.8 Å². The predicted octanol–water partition coefficient (Wildman–Crippen LogP) is 3.83. The Morgan fingerprint density at radius 1 is 1.06 bits per heavy atom. The third-order valence-electron chi connectivity index (χ3n) is 4.57. The fraction of sp³-hybridized carbons (Fsp3) is 0.417. The first-order chi connectivity index (χ1) is 14.9. The molecule has 0 radical (unpaired) electrons. The maximum Gasteiger partial charge on any atom is 0.319 e. The first-order valence-electron chi connectivity index (χ1n) is 10.7. The zero-order valence-electron chi connectivity index (χ0n) is 19.2. The van der Waals surface area contributed by atoms with E-state index in [0.717, 1.165) is 48.0 Å². The Kier molecular flexibility index (Phi) is 9.68. The zero-order valence-corrected chi connectivity index (χ0v) is 19.2. The van der Waals surface area contributed by atoms with E-state index < -0.39 is 0 Å². The number of nitrogens with one attached hydrogen (secondary N) is 4. The molecule has 7 heteroatoms. The zero-order chi connectivity index (χ0) is 22.6. The Morgan fingerprint density at radius 3 is 2.42 bits per heavy atom. The second-order valence-corrected chi connectivity index (χ2v) is 7.63. The fourth-order valence-electron chi connectivity index (χ4n) is 2.98. The number of rotatable bonds is 9. The number of benzene rings is 2. The first-order valence-corrected chi connectivity index (χ1v) is 10.7. The van der Waals surface area contributed by atoms with Crippen LogP contribution in [0.15, 0.2) is 47.5 Å². The van der Waals surface area contributed by atoms with E-state index in [0.29, 0.717) is 6.54 Å². The van der Waals surface area contributed by atoms with Crippen LogP contribution in [-0.2, 0) is 13.0 Å². The van der Waals surface area contributed by atoms with Crippen molar-refractivity contribution in [1.82, 2.24) is 16.0 Å². The quantitative estimate of drug-likeness (QED) is 0.363. The average Bonchev–Trinajstić information content (AvgIpc) is 2.73. The third kappa shape index (κ3) is 8.58. The highest BCUT2D eigenvalue weighted by Crippen LogP contribution is 2.19. The number of aliphatic imine (C=N–C) groups is 1. The number of aryl methyl sites for hydroxylation is 1. The lowest BCUT2D eigenvalue weighted by molar-refractivity contribution is 0.250. The van der Waals surface area contributed by atoms with E-state index in [2.05, 4.69) is 44.5 Å². The van der Waals surface area contributed by atoms with Gasteiger partial charge in [-0.2, -0.15) is 0 Å². The van der Waals surface area contributed by atoms with Crippen molar-refractivity contribution in [2.24, 2.45) is 4.99 Å². The van der Waals surface area contributed by atoms with Gasteiger partial charge in [0.1, 0.15) is 5.75 Å². The number of carbonyl (C=O) groups excluding carboxylic acids is 1. The number of ether oxygens (including phenoxy) is 1. The topological polar surface area (TPSA) is 86.8 Å². The maximum absolute atomic E-state index is 11.8. The van der Waals surface area contributed by atoms with E-state index in [9.17, 15) is 4.79 Å². The Hall–Kier alpha value is -3.22. The predicted molar refractivity (Wildman–Crippen MR) is 128 cm³/mol. The van der Waals surface area contributed by atoms with Crippen LogP contribution in [0.1, 0.15) is 37.5 Å². The lowest BCUT2D eigenvalue weighted by atomic mass is 10.1. The maximum atomic E-state index is 11.8. The van der Waals surface area contributed by atoms with Crippen LogP contribution in [0.5, 0.6) is 5.75 Å². The summed E-state index contributed by atoms with van der Waals surface area (Å²) in [5, 5.41) is 12.3. The van der Waals surface area contributed by atoms with E-state index in [1.165, 1.54) is 5.56 Å². The standard InChI is InChI=1S/C24H35N5O2/c1-6-25-23(26-14-13-19-8-7-18(4)22(15-19)31-5)27-16-20-9-11-21(12-10-20)29-24(30)28-17(2)3/h7-12,15,17H,6,13-14,16H2,1-5H3,(H2,25,26,27)(H2,28,29,30). The molecule has 0 unspecified atom stereocenters. The molecule has 0 saturated heterocycles. The molecule has 0 saturated carbocycles. The average molecular weight is 426 g/mol. The van der Waals surface area contributed by atoms with Crippen molar-refractivity contribution < 1.29 is 9.53 Å². The molecule has 2 amide bonds. The van der Waals surface area contributed by atoms with Gasteiger partial charge in [0.15, 0.2) is 5.96 Å². The monoisotopic (exact) mass is 425 g/mol. The van der Waals surface area contributed by atoms with E-state index in [1.807, 2.05) is 52.0 Å². The van der Waals surface area contributed by atoms with E-state index >= 15 is 0 Å². The van der Waals surface area contributed by atoms with E-state index in [4.69, 9.17) is 4.74 Å². The van der Waals surface area contributed by atoms with Crippen molar-refractivity contribution in [2.75, 3.05) is 25.5 Å². The Morgan fingerprint density at radius 2 is 1.77 bits per heavy atom. The van der Waals surface area contributed by atoms with Gasteiger partial charge in [0.05, 0.1) is 13.7 Å². The molecule has 2 rings (SSSR count). The van der Waals surface area contributed by atoms with Crippen LogP contribution in [0, 0.1) is 6.92 Å². The summed E-state index contributed by atoms with van der Waals surface area (Å²) in [5.41, 5.74) is 4.17. The molecule has 0 aromatic heterocycles. The van der Waals surface area contributed by atoms with E-state index in [1.54, 1.807) is 7.11 Å². The molecule has 0 aliphatic heterocycles. The summed E-state index contributed by atoms with van der Waals surface area (Å²) in [4.78, 5) is 16.4. The number of carbonyl (C=O) groups is 1. The van der Waals surface area contributed by atoms with Gasteiger partial charge < -0.3 is 26.0 Å². The van der Waals surface area contributed by atoms with Crippen molar-refractivity contribution in [1.29, 1.82) is 0 Å². The van der Waals surface area contributed by atoms with Gasteiger partial charge >= 0.3 is 6.03 Å². The minimum atomic E-state index is -0.203. The van der Waals surface area contributed by atoms with Crippen LogP contribution in [0.3, 0.4) is 0 Å². The molecule has 4 N–H and O–H groups in total. The molecule has 0 fully saturated rings. The SMILES string of the molecule is CCNC(=NCc1ccc(NC(=O)NC(C)C)cc1)NCCc1ccc(C)c(OC)c1. The van der Waals surface area contributed by atoms with Crippen LogP contribution >= 0.6 is 0 Å². The second kappa shape index (κ2) is 12.5. The molecule has 0 heterocycles. The number of amides is 2. The van der Waals surface area contributed by atoms with Crippen LogP contribution < -0.4 is 26.0 Å². The van der Waals surface area contributed by atoms with Gasteiger partial charge in [-0.25, -0.2) is 9.79 Å². The first kappa shape index (κ1) is 24.1. The van der Waals surface area contributed by atoms with Gasteiger partial charge in [0.25, 0.3) is 0 Å². The summed E-state index contributed by atoms with van der Waals surface area (Å²) in [7, 11) is 1.70. The highest BCUT2D eigenvalue weighted by Gasteiger charge is 2.04. The summed E-state index contributed by atoms with van der Waals surface area (Å²) in [6, 6.07) is 13.9. The lowest BCUT2D eigenvalue weighted by Gasteiger charge is -2.13. The molecular formula is C24H35N5O2. The number of methoxy groups -OCH3 is 1. The third-order valence-corrected chi connectivity index (χ3v) is 4.57. The van der Waals surface area contributed by atoms with Crippen LogP contribution in [0.2, 0.25) is 0 Å². The Labute approximate surface area is 185 Å². The minimum absolute atomic E-state index is 0.0960. The molecule has 0 spiro atoms. The number of hydrogen-bond acceptors (Lipinski definition) is 3. The van der Waals surface area contributed by atoms with E-state index in [-0.39, 0.29) is 12.1 Å². The molecule has 0 aliphatic carbocycles. The largest absolute Gasteiger partial charge is 0.496 e. The molecule has 2 aromatic rings. The van der Waals surface area contributed by atoms with Crippen molar-refractivity contribution in [2.45, 2.75) is 46.7 Å². The smallest absolute Gasteiger partial charge is 0.319 e. The summed E-state index contributed by atoms with van der Waals surface area (Å²) in [5.74, 6) is 1.69. The second-order valence-electron chi connectivity index (χ2n) is 7.63. The number of nitrogens with zero attached hydrogens (tertiary/aromatic N) is 1. The molecule has 7 nitrogen and oxygen atoms in total. The van der Waals surface area contributed by atoms with Crippen molar-refractivity contribution in [3.8, 4) is 5.75 Å². The van der Waals surface area contributed by atoms with Gasteiger partial charge in [-0.05, 0) is 69.0 Å². The summed E-state index contributed by atoms with van der Waals surface area (Å²) in [6.07, 6.45) is 0.875. The van der Waals surface area contributed by atoms with Crippen molar-refractivity contribution in [3.63, 3.8) is 0 Å². The highest BCUT2D eigenvalue weighted by atomic mass is 16.5. The number of guanidine groups is 1. The normalized spacial score (nSPS) is 11.2. The molecule has 0 bridgehead atoms. The van der Waals surface area contributed by atoms with Gasteiger partial charge in [-0.1, -0.05) is 24.3 Å². The molecular weight excluding hydrogens is 390 g/mol. The summed E-state index contributed by atoms with van der Waals surface area (Å²) < 4.78 is 5.40. The summed E-state index contributed by atoms with van der Waals surface area (Å²) >= 11 is 0. The van der Waals surface area contributed by atoms with Gasteiger partial charge in [-0.15, -0.1) is 0 Å². The molecule has 0 aliphatic rings. The van der Waals surface area contributed by atoms with Crippen molar-refractivity contribution >= 4 is 17.7 Å². The lowest BCUT2D eigenvalue weighted by Crippen LogP contribution is -2.38. The minimum Gasteiger partial charge on any atom is -0.496 e. The Bertz CT molecular complexity index is 863. The highest BCUT2D eigenvalue weighted by molar-refractivity contribution is 5.89. The summed E-state index contributed by atoms with van der Waals surface area (Å²) in [6.45, 7) is 10.0. The molecule has 0 atom stereocenters. The van der Waals surface area contributed by atoms with Crippen LogP contribution in [0.4, 0.5) is 10.5 Å². The fourth-order valence-corrected chi connectivity index (χ4v) is 2.98. The number of urea groups is 1. The number of hydrogen-bond donors (Lipinski definition) is 4. The van der Waals surface area contributed by atoms with Crippen LogP contribution in [-0.4, -0.2) is 38.2 Å². The molecule has 31 heavy (non-hydrogen) atoms. The van der Waals surface area contributed by atoms with Gasteiger partial charge in [-0.3, -0.25) is 0 Å². The Balaban J connectivity index is 1.88. The van der Waals surface area contributed by atoms with Crippen LogP contribution in [0.25, 0.3) is 0 Å². The van der Waals surface area contributed by atoms with Crippen molar-refractivity contribution in [3.05, 3.63) is 59.2 Å².